The molecule has 0 aliphatic heterocycles. The molecule has 94 valence electrons. The van der Waals surface area contributed by atoms with E-state index < -0.39 is 18.0 Å². The van der Waals surface area contributed by atoms with Crippen LogP contribution in [0.2, 0.25) is 0 Å². The lowest BCUT2D eigenvalue weighted by molar-refractivity contribution is -0.144. The van der Waals surface area contributed by atoms with Crippen LogP contribution in [0.1, 0.15) is 23.3 Å². The van der Waals surface area contributed by atoms with Gasteiger partial charge in [0.25, 0.3) is 0 Å². The number of fused-ring (bicyclic) bond motifs is 1. The van der Waals surface area contributed by atoms with E-state index in [9.17, 15) is 9.59 Å². The first-order valence-corrected chi connectivity index (χ1v) is 5.20. The van der Waals surface area contributed by atoms with Crippen LogP contribution in [0.3, 0.4) is 0 Å². The average molecular weight is 249 g/mol. The van der Waals surface area contributed by atoms with Gasteiger partial charge in [0.15, 0.2) is 0 Å². The monoisotopic (exact) mass is 249 g/mol. The van der Waals surface area contributed by atoms with Gasteiger partial charge in [-0.3, -0.25) is 0 Å². The van der Waals surface area contributed by atoms with Crippen molar-refractivity contribution >= 4 is 23.0 Å². The number of nitrogens with zero attached hydrogens (tertiary/aromatic N) is 3. The van der Waals surface area contributed by atoms with Crippen LogP contribution in [0, 0.1) is 0 Å². The SMILES string of the molecule is COC(=O)C(C)n1nnc2cc(C(=O)O)ccc21. The van der Waals surface area contributed by atoms with Crippen LogP contribution in [0.15, 0.2) is 18.2 Å². The number of rotatable bonds is 3. The molecule has 0 spiro atoms. The summed E-state index contributed by atoms with van der Waals surface area (Å²) in [5.41, 5.74) is 1.13. The number of aromatic nitrogens is 3. The molecule has 7 nitrogen and oxygen atoms in total. The molecule has 0 fully saturated rings. The zero-order valence-electron chi connectivity index (χ0n) is 9.82. The molecular weight excluding hydrogens is 238 g/mol. The Kier molecular flexibility index (Phi) is 2.97. The third kappa shape index (κ3) is 1.90. The van der Waals surface area contributed by atoms with E-state index >= 15 is 0 Å². The normalized spacial score (nSPS) is 12.3. The summed E-state index contributed by atoms with van der Waals surface area (Å²) in [6.45, 7) is 1.63. The topological polar surface area (TPSA) is 94.3 Å². The van der Waals surface area contributed by atoms with Gasteiger partial charge in [0.2, 0.25) is 0 Å². The van der Waals surface area contributed by atoms with Crippen molar-refractivity contribution in [2.45, 2.75) is 13.0 Å². The molecule has 1 unspecified atom stereocenters. The molecule has 0 saturated carbocycles. The van der Waals surface area contributed by atoms with Gasteiger partial charge in [-0.05, 0) is 25.1 Å². The second-order valence-corrected chi connectivity index (χ2v) is 3.74. The molecule has 0 bridgehead atoms. The summed E-state index contributed by atoms with van der Waals surface area (Å²) in [5.74, 6) is -1.48. The quantitative estimate of drug-likeness (QED) is 0.811. The van der Waals surface area contributed by atoms with E-state index in [-0.39, 0.29) is 5.56 Å². The Bertz CT molecular complexity index is 620. The third-order valence-electron chi connectivity index (χ3n) is 2.63. The first kappa shape index (κ1) is 12.0. The molecule has 1 N–H and O–H groups in total. The van der Waals surface area contributed by atoms with Crippen molar-refractivity contribution < 1.29 is 19.4 Å². The summed E-state index contributed by atoms with van der Waals surface area (Å²) in [6.07, 6.45) is 0. The second kappa shape index (κ2) is 4.44. The Morgan fingerprint density at radius 1 is 1.44 bits per heavy atom. The van der Waals surface area contributed by atoms with Crippen LogP contribution in [0.4, 0.5) is 0 Å². The zero-order valence-corrected chi connectivity index (χ0v) is 9.82. The molecule has 7 heteroatoms. The number of methoxy groups -OCH3 is 1. The van der Waals surface area contributed by atoms with Gasteiger partial charge in [-0.1, -0.05) is 5.21 Å². The van der Waals surface area contributed by atoms with Crippen LogP contribution in [0.25, 0.3) is 11.0 Å². The van der Waals surface area contributed by atoms with E-state index in [1.54, 1.807) is 13.0 Å². The first-order valence-electron chi connectivity index (χ1n) is 5.20. The average Bonchev–Trinajstić information content (AvgIpc) is 2.79. The lowest BCUT2D eigenvalue weighted by atomic mass is 10.2. The molecule has 0 aliphatic carbocycles. The number of aromatic carboxylic acids is 1. The summed E-state index contributed by atoms with van der Waals surface area (Å²) in [4.78, 5) is 22.2. The number of carbonyl (C=O) groups excluding carboxylic acids is 1. The molecular formula is C11H11N3O4. The fraction of sp³-hybridized carbons (Fsp3) is 0.273. The van der Waals surface area contributed by atoms with Crippen molar-refractivity contribution in [1.82, 2.24) is 15.0 Å². The van der Waals surface area contributed by atoms with Crippen LogP contribution in [0.5, 0.6) is 0 Å². The maximum absolute atomic E-state index is 11.4. The molecule has 1 aromatic heterocycles. The van der Waals surface area contributed by atoms with Crippen molar-refractivity contribution in [2.75, 3.05) is 7.11 Å². The predicted octanol–water partition coefficient (Wildman–Crippen LogP) is 0.863. The van der Waals surface area contributed by atoms with E-state index in [4.69, 9.17) is 5.11 Å². The highest BCUT2D eigenvalue weighted by atomic mass is 16.5. The number of benzene rings is 1. The Morgan fingerprint density at radius 2 is 2.17 bits per heavy atom. The number of carbonyl (C=O) groups is 2. The highest BCUT2D eigenvalue weighted by Crippen LogP contribution is 2.18. The van der Waals surface area contributed by atoms with Gasteiger partial charge in [-0.15, -0.1) is 5.10 Å². The van der Waals surface area contributed by atoms with Gasteiger partial charge in [-0.2, -0.15) is 0 Å². The van der Waals surface area contributed by atoms with E-state index in [2.05, 4.69) is 15.0 Å². The Balaban J connectivity index is 2.49. The largest absolute Gasteiger partial charge is 0.478 e. The maximum Gasteiger partial charge on any atom is 0.335 e. The van der Waals surface area contributed by atoms with Crippen molar-refractivity contribution in [3.8, 4) is 0 Å². The predicted molar refractivity (Wildman–Crippen MR) is 61.2 cm³/mol. The third-order valence-corrected chi connectivity index (χ3v) is 2.63. The molecule has 0 saturated heterocycles. The summed E-state index contributed by atoms with van der Waals surface area (Å²) in [6, 6.07) is 3.80. The van der Waals surface area contributed by atoms with Gasteiger partial charge < -0.3 is 9.84 Å². The minimum absolute atomic E-state index is 0.125. The molecule has 0 aliphatic rings. The lowest BCUT2D eigenvalue weighted by Gasteiger charge is -2.09. The Morgan fingerprint density at radius 3 is 2.78 bits per heavy atom. The molecule has 1 aromatic carbocycles. The second-order valence-electron chi connectivity index (χ2n) is 3.74. The van der Waals surface area contributed by atoms with E-state index in [0.29, 0.717) is 11.0 Å². The van der Waals surface area contributed by atoms with Crippen molar-refractivity contribution in [3.05, 3.63) is 23.8 Å². The number of carboxylic acid groups (broad SMARTS) is 1. The van der Waals surface area contributed by atoms with Gasteiger partial charge in [0.1, 0.15) is 11.6 Å². The summed E-state index contributed by atoms with van der Waals surface area (Å²) >= 11 is 0. The number of hydrogen-bond acceptors (Lipinski definition) is 5. The highest BCUT2D eigenvalue weighted by molar-refractivity contribution is 5.92. The molecule has 18 heavy (non-hydrogen) atoms. The van der Waals surface area contributed by atoms with Crippen LogP contribution < -0.4 is 0 Å². The molecule has 1 atom stereocenters. The van der Waals surface area contributed by atoms with Gasteiger partial charge in [0, 0.05) is 0 Å². The highest BCUT2D eigenvalue weighted by Gasteiger charge is 2.19. The summed E-state index contributed by atoms with van der Waals surface area (Å²) in [5, 5.41) is 16.5. The first-order chi connectivity index (χ1) is 8.54. The summed E-state index contributed by atoms with van der Waals surface area (Å²) < 4.78 is 6.02. The fourth-order valence-electron chi connectivity index (χ4n) is 1.63. The summed E-state index contributed by atoms with van der Waals surface area (Å²) in [7, 11) is 1.29. The smallest absolute Gasteiger partial charge is 0.335 e. The van der Waals surface area contributed by atoms with Crippen molar-refractivity contribution in [2.24, 2.45) is 0 Å². The van der Waals surface area contributed by atoms with Crippen LogP contribution >= 0.6 is 0 Å². The minimum Gasteiger partial charge on any atom is -0.478 e. The van der Waals surface area contributed by atoms with E-state index in [1.807, 2.05) is 0 Å². The van der Waals surface area contributed by atoms with Crippen molar-refractivity contribution in [3.63, 3.8) is 0 Å². The molecule has 2 rings (SSSR count). The number of ether oxygens (including phenoxy) is 1. The Hall–Kier alpha value is -2.44. The van der Waals surface area contributed by atoms with Gasteiger partial charge in [0.05, 0.1) is 18.2 Å². The molecule has 0 radical (unpaired) electrons. The number of esters is 1. The Labute approximate surface area is 102 Å². The van der Waals surface area contributed by atoms with Gasteiger partial charge in [-0.25, -0.2) is 14.3 Å². The minimum atomic E-state index is -1.03. The molecule has 0 amide bonds. The van der Waals surface area contributed by atoms with Crippen molar-refractivity contribution in [1.29, 1.82) is 0 Å². The zero-order chi connectivity index (χ0) is 13.3. The molecule has 2 aromatic rings. The number of carboxylic acids is 1. The molecule has 1 heterocycles. The van der Waals surface area contributed by atoms with Crippen LogP contribution in [-0.4, -0.2) is 39.1 Å². The maximum atomic E-state index is 11.4. The van der Waals surface area contributed by atoms with E-state index in [0.717, 1.165) is 0 Å². The van der Waals surface area contributed by atoms with E-state index in [1.165, 1.54) is 23.9 Å². The fourth-order valence-corrected chi connectivity index (χ4v) is 1.63. The van der Waals surface area contributed by atoms with Gasteiger partial charge >= 0.3 is 11.9 Å². The number of hydrogen-bond donors (Lipinski definition) is 1. The van der Waals surface area contributed by atoms with Crippen LogP contribution in [-0.2, 0) is 9.53 Å². The lowest BCUT2D eigenvalue weighted by Crippen LogP contribution is -2.18. The standard InChI is InChI=1S/C11H11N3O4/c1-6(11(17)18-2)14-9-4-3-7(10(15)16)5-8(9)12-13-14/h3-6H,1-2H3,(H,15,16).